The number of ether oxygens (including phenoxy) is 1. The minimum Gasteiger partial charge on any atom is -0.436 e. The van der Waals surface area contributed by atoms with Gasteiger partial charge >= 0.3 is 5.97 Å². The lowest BCUT2D eigenvalue weighted by Crippen LogP contribution is -2.13. The second-order valence-corrected chi connectivity index (χ2v) is 9.21. The zero-order valence-electron chi connectivity index (χ0n) is 18.0. The number of esters is 1. The van der Waals surface area contributed by atoms with Crippen LogP contribution in [0, 0.1) is 0 Å². The maximum atomic E-state index is 13.0. The predicted octanol–water partition coefficient (Wildman–Crippen LogP) is 7.49. The molecule has 4 aromatic carbocycles. The highest BCUT2D eigenvalue weighted by Gasteiger charge is 2.20. The molecule has 1 aromatic heterocycles. The van der Waals surface area contributed by atoms with Gasteiger partial charge in [0.05, 0.1) is 16.7 Å². The Bertz CT molecular complexity index is 1550. The van der Waals surface area contributed by atoms with E-state index >= 15 is 0 Å². The largest absolute Gasteiger partial charge is 0.436 e. The van der Waals surface area contributed by atoms with E-state index in [0.717, 1.165) is 0 Å². The van der Waals surface area contributed by atoms with Gasteiger partial charge in [0.1, 0.15) is 11.3 Å². The van der Waals surface area contributed by atoms with E-state index in [1.54, 1.807) is 54.6 Å². The molecular weight excluding hydrogens is 576 g/mol. The average Bonchev–Trinajstić information content (AvgIpc) is 3.28. The molecule has 0 aliphatic carbocycles. The van der Waals surface area contributed by atoms with Crippen molar-refractivity contribution in [2.75, 3.05) is 5.32 Å². The molecule has 5 rings (SSSR count). The van der Waals surface area contributed by atoms with Crippen LogP contribution in [-0.2, 0) is 0 Å². The van der Waals surface area contributed by atoms with Crippen molar-refractivity contribution in [3.05, 3.63) is 111 Å². The standard InChI is InChI=1S/C27H16Br2N2O4/c28-20-9-3-1-7-17(20)25(32)30-16-13-14-19(26-31-22-11-5-6-12-23(22)34-26)24(15-16)35-27(33)18-8-2-4-10-21(18)29/h1-15H,(H,30,32). The fourth-order valence-electron chi connectivity index (χ4n) is 3.47. The van der Waals surface area contributed by atoms with Crippen LogP contribution < -0.4 is 10.1 Å². The summed E-state index contributed by atoms with van der Waals surface area (Å²) in [7, 11) is 0. The van der Waals surface area contributed by atoms with Crippen LogP contribution in [0.3, 0.4) is 0 Å². The Morgan fingerprint density at radius 3 is 2.17 bits per heavy atom. The molecule has 0 aliphatic heterocycles. The number of oxazole rings is 1. The van der Waals surface area contributed by atoms with E-state index in [0.29, 0.717) is 48.3 Å². The molecule has 6 nitrogen and oxygen atoms in total. The van der Waals surface area contributed by atoms with Crippen molar-refractivity contribution < 1.29 is 18.7 Å². The first-order valence-corrected chi connectivity index (χ1v) is 12.1. The number of fused-ring (bicyclic) bond motifs is 1. The van der Waals surface area contributed by atoms with Gasteiger partial charge in [0.15, 0.2) is 5.58 Å². The molecule has 172 valence electrons. The number of para-hydroxylation sites is 2. The van der Waals surface area contributed by atoms with Gasteiger partial charge in [-0.2, -0.15) is 0 Å². The van der Waals surface area contributed by atoms with Gasteiger partial charge in [0, 0.05) is 20.7 Å². The van der Waals surface area contributed by atoms with Crippen molar-refractivity contribution >= 4 is 60.5 Å². The first-order valence-electron chi connectivity index (χ1n) is 10.5. The van der Waals surface area contributed by atoms with Crippen LogP contribution in [0.1, 0.15) is 20.7 Å². The fraction of sp³-hybridized carbons (Fsp3) is 0. The van der Waals surface area contributed by atoms with Crippen LogP contribution in [0.25, 0.3) is 22.6 Å². The van der Waals surface area contributed by atoms with E-state index in [9.17, 15) is 9.59 Å². The van der Waals surface area contributed by atoms with Crippen LogP contribution in [-0.4, -0.2) is 16.9 Å². The number of hydrogen-bond acceptors (Lipinski definition) is 5. The zero-order valence-corrected chi connectivity index (χ0v) is 21.2. The van der Waals surface area contributed by atoms with Crippen LogP contribution in [0.4, 0.5) is 5.69 Å². The minimum absolute atomic E-state index is 0.197. The van der Waals surface area contributed by atoms with Crippen molar-refractivity contribution in [3.8, 4) is 17.2 Å². The van der Waals surface area contributed by atoms with E-state index in [2.05, 4.69) is 42.2 Å². The number of nitrogens with one attached hydrogen (secondary N) is 1. The smallest absolute Gasteiger partial charge is 0.344 e. The molecule has 0 radical (unpaired) electrons. The van der Waals surface area contributed by atoms with E-state index in [1.165, 1.54) is 0 Å². The summed E-state index contributed by atoms with van der Waals surface area (Å²) < 4.78 is 13.0. The molecule has 0 saturated carbocycles. The van der Waals surface area contributed by atoms with Crippen LogP contribution in [0.2, 0.25) is 0 Å². The Morgan fingerprint density at radius 1 is 0.800 bits per heavy atom. The Hall–Kier alpha value is -3.75. The summed E-state index contributed by atoms with van der Waals surface area (Å²) in [5.74, 6) is -0.383. The van der Waals surface area contributed by atoms with Gasteiger partial charge in [0.25, 0.3) is 5.91 Å². The SMILES string of the molecule is O=C(Nc1ccc(-c2nc3ccccc3o2)c(OC(=O)c2ccccc2Br)c1)c1ccccc1Br. The Balaban J connectivity index is 1.53. The number of halogens is 2. The second kappa shape index (κ2) is 9.85. The Labute approximate surface area is 217 Å². The topological polar surface area (TPSA) is 81.4 Å². The summed E-state index contributed by atoms with van der Waals surface area (Å²) in [6.45, 7) is 0. The third kappa shape index (κ3) is 4.89. The number of rotatable bonds is 5. The number of carbonyl (C=O) groups excluding carboxylic acids is 2. The molecule has 0 spiro atoms. The lowest BCUT2D eigenvalue weighted by molar-refractivity contribution is 0.0734. The number of amides is 1. The first kappa shape index (κ1) is 23.0. The third-order valence-corrected chi connectivity index (χ3v) is 6.56. The lowest BCUT2D eigenvalue weighted by Gasteiger charge is -2.12. The van der Waals surface area contributed by atoms with Gasteiger partial charge in [-0.15, -0.1) is 0 Å². The molecule has 8 heteroatoms. The zero-order chi connectivity index (χ0) is 24.4. The van der Waals surface area contributed by atoms with Crippen LogP contribution >= 0.6 is 31.9 Å². The number of hydrogen-bond donors (Lipinski definition) is 1. The highest BCUT2D eigenvalue weighted by molar-refractivity contribution is 9.10. The number of anilines is 1. The molecule has 0 aliphatic rings. The van der Waals surface area contributed by atoms with Gasteiger partial charge in [0.2, 0.25) is 5.89 Å². The molecule has 0 unspecified atom stereocenters. The monoisotopic (exact) mass is 590 g/mol. The fourth-order valence-corrected chi connectivity index (χ4v) is 4.39. The van der Waals surface area contributed by atoms with E-state index in [1.807, 2.05) is 36.4 Å². The molecule has 0 bridgehead atoms. The summed E-state index contributed by atoms with van der Waals surface area (Å²) >= 11 is 6.78. The maximum Gasteiger partial charge on any atom is 0.344 e. The Morgan fingerprint density at radius 2 is 1.46 bits per heavy atom. The van der Waals surface area contributed by atoms with E-state index < -0.39 is 5.97 Å². The van der Waals surface area contributed by atoms with Gasteiger partial charge in [-0.25, -0.2) is 9.78 Å². The number of nitrogens with zero attached hydrogens (tertiary/aromatic N) is 1. The molecule has 1 N–H and O–H groups in total. The summed E-state index contributed by atoms with van der Waals surface area (Å²) in [6, 6.07) is 26.4. The maximum absolute atomic E-state index is 13.0. The van der Waals surface area contributed by atoms with Crippen molar-refractivity contribution in [1.82, 2.24) is 4.98 Å². The molecular formula is C27H16Br2N2O4. The van der Waals surface area contributed by atoms with E-state index in [-0.39, 0.29) is 11.7 Å². The predicted molar refractivity (Wildman–Crippen MR) is 141 cm³/mol. The van der Waals surface area contributed by atoms with E-state index in [4.69, 9.17) is 9.15 Å². The number of benzene rings is 4. The average molecular weight is 592 g/mol. The van der Waals surface area contributed by atoms with Gasteiger partial charge in [-0.3, -0.25) is 4.79 Å². The summed E-state index contributed by atoms with van der Waals surface area (Å²) in [5.41, 5.74) is 3.04. The quantitative estimate of drug-likeness (QED) is 0.169. The molecule has 1 amide bonds. The molecule has 35 heavy (non-hydrogen) atoms. The highest BCUT2D eigenvalue weighted by Crippen LogP contribution is 2.35. The third-order valence-electron chi connectivity index (χ3n) is 5.18. The molecule has 0 saturated heterocycles. The second-order valence-electron chi connectivity index (χ2n) is 7.50. The van der Waals surface area contributed by atoms with Crippen molar-refractivity contribution in [3.63, 3.8) is 0 Å². The summed E-state index contributed by atoms with van der Waals surface area (Å²) in [4.78, 5) is 30.3. The lowest BCUT2D eigenvalue weighted by atomic mass is 10.1. The summed E-state index contributed by atoms with van der Waals surface area (Å²) in [6.07, 6.45) is 0. The van der Waals surface area contributed by atoms with Gasteiger partial charge < -0.3 is 14.5 Å². The van der Waals surface area contributed by atoms with Crippen molar-refractivity contribution in [2.24, 2.45) is 0 Å². The summed E-state index contributed by atoms with van der Waals surface area (Å²) in [5, 5.41) is 2.85. The normalized spacial score (nSPS) is 10.8. The first-order chi connectivity index (χ1) is 17.0. The Kier molecular flexibility index (Phi) is 6.48. The molecule has 0 fully saturated rings. The number of carbonyl (C=O) groups is 2. The van der Waals surface area contributed by atoms with Crippen LogP contribution in [0.15, 0.2) is 104 Å². The van der Waals surface area contributed by atoms with Crippen LogP contribution in [0.5, 0.6) is 5.75 Å². The molecule has 1 heterocycles. The number of aromatic nitrogens is 1. The molecule has 0 atom stereocenters. The highest BCUT2D eigenvalue weighted by atomic mass is 79.9. The van der Waals surface area contributed by atoms with Gasteiger partial charge in [-0.05, 0) is 80.4 Å². The minimum atomic E-state index is -0.566. The molecule has 5 aromatic rings. The van der Waals surface area contributed by atoms with Gasteiger partial charge in [-0.1, -0.05) is 36.4 Å². The van der Waals surface area contributed by atoms with Crippen molar-refractivity contribution in [2.45, 2.75) is 0 Å². The van der Waals surface area contributed by atoms with Crippen molar-refractivity contribution in [1.29, 1.82) is 0 Å².